The van der Waals surface area contributed by atoms with Crippen LogP contribution in [0.3, 0.4) is 0 Å². The van der Waals surface area contributed by atoms with Gasteiger partial charge in [-0.3, -0.25) is 10.8 Å². The predicted octanol–water partition coefficient (Wildman–Crippen LogP) is 3.14. The van der Waals surface area contributed by atoms with Crippen molar-refractivity contribution < 1.29 is 0 Å². The van der Waals surface area contributed by atoms with Crippen LogP contribution in [0.4, 0.5) is 0 Å². The van der Waals surface area contributed by atoms with E-state index in [1.807, 2.05) is 49.4 Å². The molecule has 2 aromatic rings. The first-order valence-electron chi connectivity index (χ1n) is 5.57. The van der Waals surface area contributed by atoms with Crippen LogP contribution in [0.15, 0.2) is 42.5 Å². The summed E-state index contributed by atoms with van der Waals surface area (Å²) in [5.74, 6) is 0. The number of hydrogen-bond donors (Lipinski definition) is 2. The van der Waals surface area contributed by atoms with E-state index in [0.717, 1.165) is 27.8 Å². The molecule has 1 aliphatic carbocycles. The number of aryl methyl sites for hydroxylation is 1. The van der Waals surface area contributed by atoms with Crippen LogP contribution in [-0.2, 0) is 0 Å². The van der Waals surface area contributed by atoms with Gasteiger partial charge in [-0.25, -0.2) is 0 Å². The van der Waals surface area contributed by atoms with E-state index in [9.17, 15) is 0 Å². The van der Waals surface area contributed by atoms with Crippen LogP contribution in [0.2, 0.25) is 0 Å². The Labute approximate surface area is 99.9 Å². The summed E-state index contributed by atoms with van der Waals surface area (Å²) < 4.78 is 0. The third-order valence-corrected chi connectivity index (χ3v) is 3.18. The molecule has 0 bridgehead atoms. The number of benzene rings is 2. The van der Waals surface area contributed by atoms with Crippen molar-refractivity contribution in [2.45, 2.75) is 6.92 Å². The molecule has 17 heavy (non-hydrogen) atoms. The van der Waals surface area contributed by atoms with E-state index < -0.39 is 0 Å². The Balaban J connectivity index is 2.33. The second kappa shape index (κ2) is 3.39. The summed E-state index contributed by atoms with van der Waals surface area (Å²) in [6.45, 7) is 2.01. The molecule has 2 heteroatoms. The van der Waals surface area contributed by atoms with Gasteiger partial charge in [-0.05, 0) is 13.0 Å². The Morgan fingerprint density at radius 3 is 1.88 bits per heavy atom. The van der Waals surface area contributed by atoms with Crippen LogP contribution >= 0.6 is 0 Å². The lowest BCUT2D eigenvalue weighted by atomic mass is 9.82. The molecular formula is C15H12N2. The Bertz CT molecular complexity index is 654. The summed E-state index contributed by atoms with van der Waals surface area (Å²) >= 11 is 0. The van der Waals surface area contributed by atoms with Gasteiger partial charge in [0.25, 0.3) is 0 Å². The summed E-state index contributed by atoms with van der Waals surface area (Å²) in [5.41, 5.74) is 5.61. The van der Waals surface area contributed by atoms with Gasteiger partial charge in [0.2, 0.25) is 0 Å². The zero-order chi connectivity index (χ0) is 12.0. The van der Waals surface area contributed by atoms with Gasteiger partial charge in [-0.1, -0.05) is 42.0 Å². The molecule has 82 valence electrons. The number of fused-ring (bicyclic) bond motifs is 2. The topological polar surface area (TPSA) is 47.7 Å². The van der Waals surface area contributed by atoms with Crippen molar-refractivity contribution in [3.8, 4) is 0 Å². The molecule has 0 saturated heterocycles. The van der Waals surface area contributed by atoms with E-state index in [1.165, 1.54) is 0 Å². The normalized spacial score (nSPS) is 13.2. The molecule has 0 atom stereocenters. The van der Waals surface area contributed by atoms with E-state index in [4.69, 9.17) is 10.8 Å². The molecule has 0 unspecified atom stereocenters. The highest BCUT2D eigenvalue weighted by atomic mass is 14.5. The molecule has 2 nitrogen and oxygen atoms in total. The molecule has 0 spiro atoms. The van der Waals surface area contributed by atoms with Crippen LogP contribution < -0.4 is 0 Å². The summed E-state index contributed by atoms with van der Waals surface area (Å²) in [6.07, 6.45) is 0. The van der Waals surface area contributed by atoms with Gasteiger partial charge in [0.1, 0.15) is 0 Å². The van der Waals surface area contributed by atoms with Crippen LogP contribution in [0, 0.1) is 17.7 Å². The first-order valence-corrected chi connectivity index (χ1v) is 5.57. The highest BCUT2D eigenvalue weighted by molar-refractivity contribution is 6.29. The van der Waals surface area contributed by atoms with Crippen molar-refractivity contribution in [1.29, 1.82) is 10.8 Å². The Morgan fingerprint density at radius 1 is 0.706 bits per heavy atom. The zero-order valence-corrected chi connectivity index (χ0v) is 9.54. The molecule has 0 heterocycles. The van der Waals surface area contributed by atoms with Crippen LogP contribution in [0.1, 0.15) is 27.8 Å². The second-order valence-electron chi connectivity index (χ2n) is 4.34. The third-order valence-electron chi connectivity index (χ3n) is 3.18. The lowest BCUT2D eigenvalue weighted by Crippen LogP contribution is -2.20. The Kier molecular flexibility index (Phi) is 1.99. The fraction of sp³-hybridized carbons (Fsp3) is 0.0667. The average Bonchev–Trinajstić information content (AvgIpc) is 2.36. The van der Waals surface area contributed by atoms with Crippen molar-refractivity contribution in [2.75, 3.05) is 0 Å². The highest BCUT2D eigenvalue weighted by Gasteiger charge is 2.23. The minimum atomic E-state index is 0.520. The van der Waals surface area contributed by atoms with Crippen LogP contribution in [0.25, 0.3) is 0 Å². The van der Waals surface area contributed by atoms with Gasteiger partial charge in [-0.15, -0.1) is 0 Å². The first-order chi connectivity index (χ1) is 8.18. The van der Waals surface area contributed by atoms with E-state index in [2.05, 4.69) is 0 Å². The Hall–Kier alpha value is -2.22. The van der Waals surface area contributed by atoms with E-state index in [1.54, 1.807) is 0 Å². The number of rotatable bonds is 0. The third kappa shape index (κ3) is 1.34. The standard InChI is InChI=1S/C15H12N2/c1-9-6-7-12-13(8-9)15(17)11-5-3-2-4-10(11)14(12)16/h2-8,16-17H,1H3. The summed E-state index contributed by atoms with van der Waals surface area (Å²) in [6, 6.07) is 13.6. The summed E-state index contributed by atoms with van der Waals surface area (Å²) in [4.78, 5) is 0. The lowest BCUT2D eigenvalue weighted by molar-refractivity contribution is 1.35. The number of nitrogens with one attached hydrogen (secondary N) is 2. The smallest absolute Gasteiger partial charge is 0.0698 e. The van der Waals surface area contributed by atoms with Crippen LogP contribution in [0.5, 0.6) is 0 Å². The molecule has 3 rings (SSSR count). The molecule has 0 saturated carbocycles. The molecular weight excluding hydrogens is 208 g/mol. The van der Waals surface area contributed by atoms with Crippen molar-refractivity contribution in [1.82, 2.24) is 0 Å². The summed E-state index contributed by atoms with van der Waals surface area (Å²) in [5, 5.41) is 16.5. The van der Waals surface area contributed by atoms with Crippen LogP contribution in [-0.4, -0.2) is 11.4 Å². The monoisotopic (exact) mass is 220 g/mol. The summed E-state index contributed by atoms with van der Waals surface area (Å²) in [7, 11) is 0. The molecule has 1 aliphatic rings. The maximum Gasteiger partial charge on any atom is 0.0698 e. The molecule has 2 aromatic carbocycles. The van der Waals surface area contributed by atoms with Crippen molar-refractivity contribution in [2.24, 2.45) is 0 Å². The maximum atomic E-state index is 8.24. The molecule has 2 N–H and O–H groups in total. The lowest BCUT2D eigenvalue weighted by Gasteiger charge is -2.21. The van der Waals surface area contributed by atoms with E-state index in [-0.39, 0.29) is 0 Å². The molecule has 0 radical (unpaired) electrons. The average molecular weight is 220 g/mol. The largest absolute Gasteiger partial charge is 0.300 e. The quantitative estimate of drug-likeness (QED) is 0.584. The van der Waals surface area contributed by atoms with Crippen molar-refractivity contribution >= 4 is 11.4 Å². The van der Waals surface area contributed by atoms with Gasteiger partial charge in [-0.2, -0.15) is 0 Å². The van der Waals surface area contributed by atoms with Gasteiger partial charge >= 0.3 is 0 Å². The fourth-order valence-electron chi connectivity index (χ4n) is 2.29. The van der Waals surface area contributed by atoms with E-state index in [0.29, 0.717) is 11.4 Å². The number of hydrogen-bond acceptors (Lipinski definition) is 2. The molecule has 0 fully saturated rings. The van der Waals surface area contributed by atoms with Gasteiger partial charge in [0, 0.05) is 22.3 Å². The van der Waals surface area contributed by atoms with Crippen molar-refractivity contribution in [3.05, 3.63) is 70.3 Å². The first kappa shape index (κ1) is 9.97. The minimum Gasteiger partial charge on any atom is -0.300 e. The predicted molar refractivity (Wildman–Crippen MR) is 69.5 cm³/mol. The van der Waals surface area contributed by atoms with E-state index >= 15 is 0 Å². The van der Waals surface area contributed by atoms with Crippen molar-refractivity contribution in [3.63, 3.8) is 0 Å². The SMILES string of the molecule is Cc1ccc2c(c1)C(=N)c1ccccc1C2=N. The van der Waals surface area contributed by atoms with Gasteiger partial charge < -0.3 is 0 Å². The Morgan fingerprint density at radius 2 is 1.24 bits per heavy atom. The van der Waals surface area contributed by atoms with Gasteiger partial charge in [0.05, 0.1) is 11.4 Å². The second-order valence-corrected chi connectivity index (χ2v) is 4.34. The molecule has 0 aromatic heterocycles. The fourth-order valence-corrected chi connectivity index (χ4v) is 2.29. The molecule has 0 aliphatic heterocycles. The maximum absolute atomic E-state index is 8.24. The molecule has 0 amide bonds. The highest BCUT2D eigenvalue weighted by Crippen LogP contribution is 2.27. The zero-order valence-electron chi connectivity index (χ0n) is 9.54. The van der Waals surface area contributed by atoms with Gasteiger partial charge in [0.15, 0.2) is 0 Å². The minimum absolute atomic E-state index is 0.520.